The van der Waals surface area contributed by atoms with E-state index < -0.39 is 0 Å². The fourth-order valence-electron chi connectivity index (χ4n) is 2.53. The van der Waals surface area contributed by atoms with Crippen molar-refractivity contribution < 1.29 is 4.79 Å². The second-order valence-electron chi connectivity index (χ2n) is 5.87. The van der Waals surface area contributed by atoms with Crippen molar-refractivity contribution in [2.45, 2.75) is 25.7 Å². The van der Waals surface area contributed by atoms with Gasteiger partial charge in [0.2, 0.25) is 5.91 Å². The highest BCUT2D eigenvalue weighted by Gasteiger charge is 2.11. The van der Waals surface area contributed by atoms with Crippen molar-refractivity contribution in [1.29, 1.82) is 0 Å². The van der Waals surface area contributed by atoms with Crippen LogP contribution in [0.1, 0.15) is 30.5 Å². The van der Waals surface area contributed by atoms with E-state index in [2.05, 4.69) is 29.4 Å². The zero-order valence-corrected chi connectivity index (χ0v) is 16.3. The van der Waals surface area contributed by atoms with Gasteiger partial charge >= 0.3 is 0 Å². The molecule has 3 rings (SSSR count). The Morgan fingerprint density at radius 1 is 1.24 bits per heavy atom. The largest absolute Gasteiger partial charge is 0.356 e. The van der Waals surface area contributed by atoms with Gasteiger partial charge < -0.3 is 5.32 Å². The van der Waals surface area contributed by atoms with E-state index in [1.807, 2.05) is 35.7 Å². The summed E-state index contributed by atoms with van der Waals surface area (Å²) >= 11 is 9.01. The zero-order chi connectivity index (χ0) is 17.6. The van der Waals surface area contributed by atoms with Crippen molar-refractivity contribution >= 4 is 40.2 Å². The van der Waals surface area contributed by atoms with Crippen LogP contribution in [0.25, 0.3) is 9.88 Å². The summed E-state index contributed by atoms with van der Waals surface area (Å²) in [6.07, 6.45) is 1.24. The van der Waals surface area contributed by atoms with E-state index in [0.717, 1.165) is 26.3 Å². The highest BCUT2D eigenvalue weighted by molar-refractivity contribution is 7.23. The van der Waals surface area contributed by atoms with E-state index in [9.17, 15) is 4.79 Å². The lowest BCUT2D eigenvalue weighted by Crippen LogP contribution is -2.27. The number of thiophene rings is 1. The minimum absolute atomic E-state index is 0.0151. The van der Waals surface area contributed by atoms with Crippen LogP contribution in [0.15, 0.2) is 47.8 Å². The van der Waals surface area contributed by atoms with E-state index in [0.29, 0.717) is 18.9 Å². The normalized spacial score (nSPS) is 12.1. The molecular formula is C19H19ClN2OS2. The lowest BCUT2D eigenvalue weighted by atomic mass is 9.98. The standard InChI is InChI=1S/C19H19ClN2OS2/c1-13(14-5-3-2-4-6-14)9-10-21-18(23)11-15-12-24-19(22-15)16-7-8-17(20)25-16/h2-8,12-13H,9-11H2,1H3,(H,21,23). The molecule has 0 aliphatic carbocycles. The molecule has 1 N–H and O–H groups in total. The number of aromatic nitrogens is 1. The smallest absolute Gasteiger partial charge is 0.226 e. The second-order valence-corrected chi connectivity index (χ2v) is 8.45. The summed E-state index contributed by atoms with van der Waals surface area (Å²) in [5, 5.41) is 5.85. The van der Waals surface area contributed by atoms with Gasteiger partial charge in [-0.1, -0.05) is 48.9 Å². The maximum atomic E-state index is 12.1. The first kappa shape index (κ1) is 18.1. The number of carbonyl (C=O) groups is 1. The Balaban J connectivity index is 1.46. The Morgan fingerprint density at radius 3 is 2.76 bits per heavy atom. The Bertz CT molecular complexity index is 829. The minimum Gasteiger partial charge on any atom is -0.356 e. The van der Waals surface area contributed by atoms with Crippen molar-refractivity contribution in [3.63, 3.8) is 0 Å². The highest BCUT2D eigenvalue weighted by Crippen LogP contribution is 2.32. The van der Waals surface area contributed by atoms with Crippen molar-refractivity contribution in [3.8, 4) is 9.88 Å². The predicted octanol–water partition coefficient (Wildman–Crippen LogP) is 5.38. The second kappa shape index (κ2) is 8.61. The molecule has 6 heteroatoms. The number of benzene rings is 1. The Labute approximate surface area is 160 Å². The molecule has 130 valence electrons. The van der Waals surface area contributed by atoms with E-state index >= 15 is 0 Å². The molecule has 3 nitrogen and oxygen atoms in total. The van der Waals surface area contributed by atoms with Crippen LogP contribution >= 0.6 is 34.3 Å². The molecule has 0 saturated carbocycles. The van der Waals surface area contributed by atoms with Gasteiger partial charge in [0.1, 0.15) is 5.01 Å². The summed E-state index contributed by atoms with van der Waals surface area (Å²) in [5.41, 5.74) is 2.11. The van der Waals surface area contributed by atoms with Gasteiger partial charge in [-0.05, 0) is 30.0 Å². The molecule has 1 unspecified atom stereocenters. The monoisotopic (exact) mass is 390 g/mol. The van der Waals surface area contributed by atoms with Crippen LogP contribution in [-0.4, -0.2) is 17.4 Å². The van der Waals surface area contributed by atoms with Gasteiger partial charge in [0.05, 0.1) is 21.3 Å². The number of halogens is 1. The summed E-state index contributed by atoms with van der Waals surface area (Å²) in [5.74, 6) is 0.442. The highest BCUT2D eigenvalue weighted by atomic mass is 35.5. The van der Waals surface area contributed by atoms with E-state index in [1.54, 1.807) is 11.3 Å². The summed E-state index contributed by atoms with van der Waals surface area (Å²) in [6.45, 7) is 2.85. The average molecular weight is 391 g/mol. The van der Waals surface area contributed by atoms with Gasteiger partial charge in [-0.3, -0.25) is 4.79 Å². The van der Waals surface area contributed by atoms with E-state index in [1.165, 1.54) is 16.9 Å². The van der Waals surface area contributed by atoms with Gasteiger partial charge in [0, 0.05) is 11.9 Å². The third-order valence-electron chi connectivity index (χ3n) is 3.95. The quantitative estimate of drug-likeness (QED) is 0.588. The number of carbonyl (C=O) groups excluding carboxylic acids is 1. The molecule has 2 aromatic heterocycles. The van der Waals surface area contributed by atoms with E-state index in [4.69, 9.17) is 11.6 Å². The third-order valence-corrected chi connectivity index (χ3v) is 6.24. The van der Waals surface area contributed by atoms with Crippen LogP contribution in [0, 0.1) is 0 Å². The molecule has 1 aromatic carbocycles. The third kappa shape index (κ3) is 5.14. The number of nitrogens with zero attached hydrogens (tertiary/aromatic N) is 1. The van der Waals surface area contributed by atoms with Gasteiger partial charge in [0.25, 0.3) is 0 Å². The molecule has 2 heterocycles. The maximum Gasteiger partial charge on any atom is 0.226 e. The van der Waals surface area contributed by atoms with Gasteiger partial charge in [0.15, 0.2) is 0 Å². The molecular weight excluding hydrogens is 372 g/mol. The van der Waals surface area contributed by atoms with Crippen LogP contribution in [0.2, 0.25) is 4.34 Å². The molecule has 0 aliphatic heterocycles. The average Bonchev–Trinajstić information content (AvgIpc) is 3.24. The first-order chi connectivity index (χ1) is 12.1. The molecule has 0 bridgehead atoms. The fraction of sp³-hybridized carbons (Fsp3) is 0.263. The van der Waals surface area contributed by atoms with Crippen LogP contribution in [0.3, 0.4) is 0 Å². The fourth-order valence-corrected chi connectivity index (χ4v) is 4.47. The van der Waals surface area contributed by atoms with Crippen LogP contribution < -0.4 is 5.32 Å². The van der Waals surface area contributed by atoms with Gasteiger partial charge in [-0.15, -0.1) is 22.7 Å². The Kier molecular flexibility index (Phi) is 6.24. The van der Waals surface area contributed by atoms with Gasteiger partial charge in [-0.2, -0.15) is 0 Å². The van der Waals surface area contributed by atoms with Crippen molar-refractivity contribution in [3.05, 3.63) is 63.4 Å². The Morgan fingerprint density at radius 2 is 2.04 bits per heavy atom. The number of nitrogens with one attached hydrogen (secondary N) is 1. The summed E-state index contributed by atoms with van der Waals surface area (Å²) in [7, 11) is 0. The predicted molar refractivity (Wildman–Crippen MR) is 107 cm³/mol. The molecule has 1 amide bonds. The summed E-state index contributed by atoms with van der Waals surface area (Å²) < 4.78 is 0.747. The van der Waals surface area contributed by atoms with Crippen LogP contribution in [-0.2, 0) is 11.2 Å². The summed E-state index contributed by atoms with van der Waals surface area (Å²) in [4.78, 5) is 17.7. The molecule has 0 aliphatic rings. The molecule has 0 saturated heterocycles. The number of amides is 1. The number of hydrogen-bond donors (Lipinski definition) is 1. The minimum atomic E-state index is 0.0151. The van der Waals surface area contributed by atoms with Crippen molar-refractivity contribution in [1.82, 2.24) is 10.3 Å². The Hall–Kier alpha value is -1.69. The van der Waals surface area contributed by atoms with Gasteiger partial charge in [-0.25, -0.2) is 4.98 Å². The maximum absolute atomic E-state index is 12.1. The first-order valence-corrected chi connectivity index (χ1v) is 10.2. The molecule has 0 spiro atoms. The van der Waals surface area contributed by atoms with Crippen molar-refractivity contribution in [2.24, 2.45) is 0 Å². The lowest BCUT2D eigenvalue weighted by Gasteiger charge is -2.12. The number of thiazole rings is 1. The van der Waals surface area contributed by atoms with Crippen LogP contribution in [0.4, 0.5) is 0 Å². The summed E-state index contributed by atoms with van der Waals surface area (Å²) in [6, 6.07) is 14.2. The molecule has 3 aromatic rings. The van der Waals surface area contributed by atoms with E-state index in [-0.39, 0.29) is 5.91 Å². The number of hydrogen-bond acceptors (Lipinski definition) is 4. The first-order valence-electron chi connectivity index (χ1n) is 8.13. The molecule has 0 fully saturated rings. The molecule has 25 heavy (non-hydrogen) atoms. The number of rotatable bonds is 7. The molecule has 0 radical (unpaired) electrons. The lowest BCUT2D eigenvalue weighted by molar-refractivity contribution is -0.120. The zero-order valence-electron chi connectivity index (χ0n) is 13.9. The topological polar surface area (TPSA) is 42.0 Å². The van der Waals surface area contributed by atoms with Crippen LogP contribution in [0.5, 0.6) is 0 Å². The molecule has 1 atom stereocenters. The SMILES string of the molecule is CC(CCNC(=O)Cc1csc(-c2ccc(Cl)s2)n1)c1ccccc1. The van der Waals surface area contributed by atoms with Crippen molar-refractivity contribution in [2.75, 3.05) is 6.54 Å².